The lowest BCUT2D eigenvalue weighted by Crippen LogP contribution is -1.91. The minimum Gasteiger partial charge on any atom is -0.397 e. The van der Waals surface area contributed by atoms with Gasteiger partial charge in [-0.3, -0.25) is 4.98 Å². The molecule has 0 fully saturated rings. The van der Waals surface area contributed by atoms with Gasteiger partial charge >= 0.3 is 0 Å². The van der Waals surface area contributed by atoms with Crippen LogP contribution in [0.25, 0.3) is 6.08 Å². The molecule has 13 heavy (non-hydrogen) atoms. The Morgan fingerprint density at radius 2 is 2.46 bits per heavy atom. The van der Waals surface area contributed by atoms with Gasteiger partial charge < -0.3 is 5.73 Å². The minimum absolute atomic E-state index is 0.408. The van der Waals surface area contributed by atoms with Crippen LogP contribution < -0.4 is 5.73 Å². The number of allylic oxidation sites excluding steroid dienone is 1. The molecule has 3 nitrogen and oxygen atoms in total. The predicted octanol–water partition coefficient (Wildman–Crippen LogP) is 1.90. The smallest absolute Gasteiger partial charge is 0.0663 e. The summed E-state index contributed by atoms with van der Waals surface area (Å²) in [4.78, 5) is 4.09. The number of nitriles is 1. The van der Waals surface area contributed by atoms with Gasteiger partial charge in [0.1, 0.15) is 0 Å². The minimum atomic E-state index is 0.408. The Hall–Kier alpha value is -1.82. The second-order valence-electron chi connectivity index (χ2n) is 2.73. The summed E-state index contributed by atoms with van der Waals surface area (Å²) in [7, 11) is 0. The van der Waals surface area contributed by atoms with Crippen LogP contribution in [-0.4, -0.2) is 4.98 Å². The van der Waals surface area contributed by atoms with E-state index in [1.165, 1.54) is 0 Å². The molecule has 1 aromatic rings. The molecule has 0 aliphatic rings. The highest BCUT2D eigenvalue weighted by atomic mass is 14.7. The fraction of sp³-hybridized carbons (Fsp3) is 0.200. The SMILES string of the molecule is Cc1cc(C=CCC#N)ncc1N. The van der Waals surface area contributed by atoms with Crippen molar-refractivity contribution in [2.45, 2.75) is 13.3 Å². The zero-order chi connectivity index (χ0) is 9.68. The van der Waals surface area contributed by atoms with Crippen molar-refractivity contribution in [1.29, 1.82) is 5.26 Å². The number of hydrogen-bond acceptors (Lipinski definition) is 3. The van der Waals surface area contributed by atoms with Gasteiger partial charge in [-0.05, 0) is 24.6 Å². The number of nitrogens with two attached hydrogens (primary N) is 1. The van der Waals surface area contributed by atoms with Crippen LogP contribution in [0.3, 0.4) is 0 Å². The average Bonchev–Trinajstić information content (AvgIpc) is 2.12. The van der Waals surface area contributed by atoms with E-state index in [-0.39, 0.29) is 0 Å². The number of pyridine rings is 1. The fourth-order valence-electron chi connectivity index (χ4n) is 0.912. The van der Waals surface area contributed by atoms with Gasteiger partial charge in [0, 0.05) is 0 Å². The number of hydrogen-bond donors (Lipinski definition) is 1. The van der Waals surface area contributed by atoms with Gasteiger partial charge in [0.05, 0.1) is 30.1 Å². The van der Waals surface area contributed by atoms with Gasteiger partial charge in [-0.15, -0.1) is 0 Å². The van der Waals surface area contributed by atoms with Crippen molar-refractivity contribution >= 4 is 11.8 Å². The molecular formula is C10H11N3. The third kappa shape index (κ3) is 2.60. The van der Waals surface area contributed by atoms with Crippen molar-refractivity contribution < 1.29 is 0 Å². The number of nitrogen functional groups attached to an aromatic ring is 1. The number of rotatable bonds is 2. The van der Waals surface area contributed by atoms with Crippen molar-refractivity contribution in [1.82, 2.24) is 4.98 Å². The lowest BCUT2D eigenvalue weighted by Gasteiger charge is -1.98. The normalized spacial score (nSPS) is 10.2. The molecule has 0 amide bonds. The predicted molar refractivity (Wildman–Crippen MR) is 52.7 cm³/mol. The first-order chi connectivity index (χ1) is 6.24. The number of anilines is 1. The van der Waals surface area contributed by atoms with Crippen LogP contribution in [-0.2, 0) is 0 Å². The van der Waals surface area contributed by atoms with E-state index >= 15 is 0 Å². The van der Waals surface area contributed by atoms with Crippen LogP contribution in [0.2, 0.25) is 0 Å². The Labute approximate surface area is 77.5 Å². The van der Waals surface area contributed by atoms with Gasteiger partial charge in [0.2, 0.25) is 0 Å². The van der Waals surface area contributed by atoms with Crippen molar-refractivity contribution in [3.63, 3.8) is 0 Å². The summed E-state index contributed by atoms with van der Waals surface area (Å²) in [5.74, 6) is 0. The standard InChI is InChI=1S/C10H11N3/c1-8-6-9(4-2-3-5-11)13-7-10(8)12/h2,4,6-7H,3,12H2,1H3. The van der Waals surface area contributed by atoms with Crippen LogP contribution in [0.1, 0.15) is 17.7 Å². The number of aromatic nitrogens is 1. The Morgan fingerprint density at radius 1 is 1.69 bits per heavy atom. The summed E-state index contributed by atoms with van der Waals surface area (Å²) in [6.07, 6.45) is 5.63. The molecule has 0 aromatic carbocycles. The molecule has 0 saturated heterocycles. The van der Waals surface area contributed by atoms with Crippen molar-refractivity contribution in [2.24, 2.45) is 0 Å². The zero-order valence-corrected chi connectivity index (χ0v) is 7.49. The van der Waals surface area contributed by atoms with Gasteiger partial charge in [0.15, 0.2) is 0 Å². The summed E-state index contributed by atoms with van der Waals surface area (Å²) in [5.41, 5.74) is 8.14. The Morgan fingerprint density at radius 3 is 3.08 bits per heavy atom. The monoisotopic (exact) mass is 173 g/mol. The van der Waals surface area contributed by atoms with Crippen LogP contribution >= 0.6 is 0 Å². The lowest BCUT2D eigenvalue weighted by atomic mass is 10.2. The summed E-state index contributed by atoms with van der Waals surface area (Å²) in [6, 6.07) is 3.92. The summed E-state index contributed by atoms with van der Waals surface area (Å²) in [6.45, 7) is 1.93. The number of aryl methyl sites for hydroxylation is 1. The molecule has 0 unspecified atom stereocenters. The van der Waals surface area contributed by atoms with E-state index in [9.17, 15) is 0 Å². The Bertz CT molecular complexity index is 361. The molecule has 1 aromatic heterocycles. The maximum Gasteiger partial charge on any atom is 0.0663 e. The van der Waals surface area contributed by atoms with E-state index in [1.807, 2.05) is 25.1 Å². The van der Waals surface area contributed by atoms with E-state index in [0.29, 0.717) is 12.1 Å². The maximum absolute atomic E-state index is 8.30. The highest BCUT2D eigenvalue weighted by molar-refractivity contribution is 5.52. The molecule has 1 rings (SSSR count). The van der Waals surface area contributed by atoms with E-state index in [0.717, 1.165) is 11.3 Å². The molecule has 0 aliphatic carbocycles. The highest BCUT2D eigenvalue weighted by Crippen LogP contribution is 2.10. The second-order valence-corrected chi connectivity index (χ2v) is 2.73. The molecular weight excluding hydrogens is 162 g/mol. The first kappa shape index (κ1) is 9.27. The van der Waals surface area contributed by atoms with E-state index < -0.39 is 0 Å². The van der Waals surface area contributed by atoms with Crippen LogP contribution in [0, 0.1) is 18.3 Å². The molecule has 0 radical (unpaired) electrons. The van der Waals surface area contributed by atoms with Crippen LogP contribution in [0.15, 0.2) is 18.3 Å². The largest absolute Gasteiger partial charge is 0.397 e. The first-order valence-electron chi connectivity index (χ1n) is 3.99. The fourth-order valence-corrected chi connectivity index (χ4v) is 0.912. The lowest BCUT2D eigenvalue weighted by molar-refractivity contribution is 1.26. The van der Waals surface area contributed by atoms with Gasteiger partial charge in [0.25, 0.3) is 0 Å². The second kappa shape index (κ2) is 4.27. The van der Waals surface area contributed by atoms with E-state index in [2.05, 4.69) is 4.98 Å². The van der Waals surface area contributed by atoms with E-state index in [4.69, 9.17) is 11.0 Å². The number of nitrogens with zero attached hydrogens (tertiary/aromatic N) is 2. The molecule has 0 bridgehead atoms. The van der Waals surface area contributed by atoms with Crippen LogP contribution in [0.5, 0.6) is 0 Å². The van der Waals surface area contributed by atoms with Gasteiger partial charge in [-0.1, -0.05) is 6.08 Å². The molecule has 1 heterocycles. The van der Waals surface area contributed by atoms with Crippen LogP contribution in [0.4, 0.5) is 5.69 Å². The summed E-state index contributed by atoms with van der Waals surface area (Å²) >= 11 is 0. The van der Waals surface area contributed by atoms with Gasteiger partial charge in [-0.2, -0.15) is 5.26 Å². The maximum atomic E-state index is 8.30. The Balaban J connectivity index is 2.81. The summed E-state index contributed by atoms with van der Waals surface area (Å²) < 4.78 is 0. The molecule has 0 atom stereocenters. The molecule has 0 spiro atoms. The highest BCUT2D eigenvalue weighted by Gasteiger charge is 1.93. The third-order valence-electron chi connectivity index (χ3n) is 1.67. The van der Waals surface area contributed by atoms with Gasteiger partial charge in [-0.25, -0.2) is 0 Å². The molecule has 2 N–H and O–H groups in total. The molecule has 0 aliphatic heterocycles. The quantitative estimate of drug-likeness (QED) is 0.742. The van der Waals surface area contributed by atoms with Crippen molar-refractivity contribution in [3.05, 3.63) is 29.6 Å². The Kier molecular flexibility index (Phi) is 3.04. The summed E-state index contributed by atoms with van der Waals surface area (Å²) in [5, 5.41) is 8.30. The van der Waals surface area contributed by atoms with Crippen molar-refractivity contribution in [2.75, 3.05) is 5.73 Å². The average molecular weight is 173 g/mol. The topological polar surface area (TPSA) is 62.7 Å². The molecule has 66 valence electrons. The van der Waals surface area contributed by atoms with Crippen molar-refractivity contribution in [3.8, 4) is 6.07 Å². The van der Waals surface area contributed by atoms with E-state index in [1.54, 1.807) is 12.3 Å². The zero-order valence-electron chi connectivity index (χ0n) is 7.49. The third-order valence-corrected chi connectivity index (χ3v) is 1.67. The first-order valence-corrected chi connectivity index (χ1v) is 3.99. The molecule has 0 saturated carbocycles. The molecule has 3 heteroatoms.